The molecule has 0 aromatic carbocycles. The average molecular weight is 711 g/mol. The van der Waals surface area contributed by atoms with Gasteiger partial charge in [-0.15, -0.1) is 5.48 Å². The van der Waals surface area contributed by atoms with Crippen molar-refractivity contribution in [3.63, 3.8) is 0 Å². The van der Waals surface area contributed by atoms with Crippen molar-refractivity contribution in [2.24, 2.45) is 17.6 Å². The summed E-state index contributed by atoms with van der Waals surface area (Å²) in [6, 6.07) is -1.38. The molecule has 6 rings (SSSR count). The lowest BCUT2D eigenvalue weighted by Crippen LogP contribution is -2.79. The van der Waals surface area contributed by atoms with Gasteiger partial charge < -0.3 is 69.3 Å². The van der Waals surface area contributed by atoms with Crippen LogP contribution in [-0.2, 0) is 57.2 Å². The molecule has 6 aliphatic heterocycles. The molecule has 21 nitrogen and oxygen atoms in total. The normalized spacial score (nSPS) is 34.7. The first kappa shape index (κ1) is 39.2. The van der Waals surface area contributed by atoms with Gasteiger partial charge in [-0.25, -0.2) is 4.79 Å². The monoisotopic (exact) mass is 710 g/mol. The summed E-state index contributed by atoms with van der Waals surface area (Å²) in [5, 5.41) is 47.7. The molecule has 6 saturated heterocycles. The van der Waals surface area contributed by atoms with Crippen LogP contribution in [0.3, 0.4) is 0 Å². The Hall–Kier alpha value is -2.64. The van der Waals surface area contributed by atoms with Gasteiger partial charge in [0.25, 0.3) is 0 Å². The van der Waals surface area contributed by atoms with Crippen LogP contribution in [0.1, 0.15) is 0 Å². The second-order valence-corrected chi connectivity index (χ2v) is 12.4. The van der Waals surface area contributed by atoms with Crippen LogP contribution < -0.4 is 11.2 Å². The Morgan fingerprint density at radius 3 is 1.76 bits per heavy atom. The standard InChI is InChI=1S/C28H46N4O17/c1-42-9-15-26-24(30-49-22(41)8-32(7-21(39)40)4-3-31(5-19(35)36)6-20(37)38)18(46-27(15,13-33)48-26)12-44-10-16-25-23(29)17(11-43-2)45-28(16,14-34)47-25/h15-18,23-26,30,33-34H,3-14,29H2,1-2H3,(H,35,36)(H,37,38)(H,39,40). The molecule has 0 spiro atoms. The third-order valence-corrected chi connectivity index (χ3v) is 9.03. The minimum atomic E-state index is -1.39. The van der Waals surface area contributed by atoms with Crippen molar-refractivity contribution in [3.8, 4) is 0 Å². The highest BCUT2D eigenvalue weighted by molar-refractivity contribution is 5.74. The van der Waals surface area contributed by atoms with E-state index in [0.717, 1.165) is 9.80 Å². The van der Waals surface area contributed by atoms with Crippen LogP contribution in [0.15, 0.2) is 0 Å². The lowest BCUT2D eigenvalue weighted by molar-refractivity contribution is -0.463. The number of nitrogens with zero attached hydrogens (tertiary/aromatic N) is 2. The largest absolute Gasteiger partial charge is 0.480 e. The molecule has 0 aromatic heterocycles. The van der Waals surface area contributed by atoms with Gasteiger partial charge in [-0.1, -0.05) is 0 Å². The van der Waals surface area contributed by atoms with Crippen molar-refractivity contribution < 1.29 is 82.7 Å². The van der Waals surface area contributed by atoms with E-state index in [4.69, 9.17) is 53.9 Å². The SMILES string of the molecule is COCC1OC2(CO)OC(C1N)C2COCC1OC2(CO)OC(C1NOC(=O)CN(CCN(CC(=O)O)CC(=O)O)CC(=O)O)C2COC. The topological polar surface area (TPSA) is 288 Å². The molecule has 10 unspecified atom stereocenters. The van der Waals surface area contributed by atoms with Crippen molar-refractivity contribution >= 4 is 23.9 Å². The van der Waals surface area contributed by atoms with E-state index in [2.05, 4.69) is 5.48 Å². The number of fused-ring (bicyclic) bond motifs is 4. The number of hydrogen-bond acceptors (Lipinski definition) is 18. The minimum absolute atomic E-state index is 0.0507. The zero-order valence-electron chi connectivity index (χ0n) is 27.2. The van der Waals surface area contributed by atoms with E-state index >= 15 is 0 Å². The number of carboxylic acids is 3. The number of ether oxygens (including phenoxy) is 7. The zero-order chi connectivity index (χ0) is 35.9. The highest BCUT2D eigenvalue weighted by Crippen LogP contribution is 2.49. The molecule has 0 saturated carbocycles. The Labute approximate surface area is 280 Å². The van der Waals surface area contributed by atoms with Gasteiger partial charge in [0.15, 0.2) is 11.6 Å². The lowest BCUT2D eigenvalue weighted by atomic mass is 9.77. The maximum Gasteiger partial charge on any atom is 0.338 e. The van der Waals surface area contributed by atoms with Gasteiger partial charge in [0.05, 0.1) is 102 Å². The molecule has 0 radical (unpaired) electrons. The van der Waals surface area contributed by atoms with Gasteiger partial charge in [-0.2, -0.15) is 0 Å². The maximum absolute atomic E-state index is 12.9. The van der Waals surface area contributed by atoms with Crippen LogP contribution in [0.5, 0.6) is 0 Å². The predicted molar refractivity (Wildman–Crippen MR) is 157 cm³/mol. The van der Waals surface area contributed by atoms with Crippen LogP contribution in [0, 0.1) is 11.8 Å². The molecule has 0 aliphatic carbocycles. The van der Waals surface area contributed by atoms with Crippen LogP contribution in [0.25, 0.3) is 0 Å². The molecule has 0 aromatic rings. The number of hydroxylamine groups is 1. The van der Waals surface area contributed by atoms with Crippen molar-refractivity contribution in [2.75, 3.05) is 93.1 Å². The van der Waals surface area contributed by atoms with Crippen molar-refractivity contribution in [1.29, 1.82) is 0 Å². The fourth-order valence-corrected chi connectivity index (χ4v) is 6.69. The van der Waals surface area contributed by atoms with E-state index in [1.54, 1.807) is 0 Å². The van der Waals surface area contributed by atoms with E-state index < -0.39 is 123 Å². The number of rotatable bonds is 23. The fourth-order valence-electron chi connectivity index (χ4n) is 6.69. The van der Waals surface area contributed by atoms with E-state index in [-0.39, 0.29) is 39.5 Å². The first-order chi connectivity index (χ1) is 23.3. The molecular formula is C28H46N4O17. The number of hydrogen-bond donors (Lipinski definition) is 7. The lowest BCUT2D eigenvalue weighted by Gasteiger charge is -2.62. The number of carbonyl (C=O) groups excluding carboxylic acids is 1. The van der Waals surface area contributed by atoms with Gasteiger partial charge in [0, 0.05) is 27.3 Å². The van der Waals surface area contributed by atoms with Gasteiger partial charge in [0.1, 0.15) is 12.2 Å². The minimum Gasteiger partial charge on any atom is -0.480 e. The van der Waals surface area contributed by atoms with Crippen LogP contribution in [0.2, 0.25) is 0 Å². The number of methoxy groups -OCH3 is 2. The van der Waals surface area contributed by atoms with Gasteiger partial charge >= 0.3 is 23.9 Å². The number of aliphatic carboxylic acids is 3. The summed E-state index contributed by atoms with van der Waals surface area (Å²) in [5.74, 6) is -8.34. The summed E-state index contributed by atoms with van der Waals surface area (Å²) in [5.41, 5.74) is 8.94. The quantitative estimate of drug-likeness (QED) is 0.0489. The molecule has 49 heavy (non-hydrogen) atoms. The van der Waals surface area contributed by atoms with Crippen LogP contribution >= 0.6 is 0 Å². The third-order valence-electron chi connectivity index (χ3n) is 9.03. The van der Waals surface area contributed by atoms with Crippen molar-refractivity contribution in [1.82, 2.24) is 15.3 Å². The number of carboxylic acid groups (broad SMARTS) is 3. The Kier molecular flexibility index (Phi) is 13.6. The van der Waals surface area contributed by atoms with Gasteiger partial charge in [-0.05, 0) is 0 Å². The molecule has 10 atom stereocenters. The van der Waals surface area contributed by atoms with Crippen molar-refractivity contribution in [2.45, 2.75) is 48.1 Å². The number of nitrogens with one attached hydrogen (secondary N) is 1. The third kappa shape index (κ3) is 9.00. The molecule has 280 valence electrons. The van der Waals surface area contributed by atoms with E-state index in [1.807, 2.05) is 0 Å². The molecule has 6 aliphatic rings. The number of nitrogens with two attached hydrogens (primary N) is 1. The Morgan fingerprint density at radius 2 is 1.22 bits per heavy atom. The average Bonchev–Trinajstić information content (AvgIpc) is 3.03. The highest BCUT2D eigenvalue weighted by atomic mass is 16.8. The molecule has 0 amide bonds. The van der Waals surface area contributed by atoms with Gasteiger partial charge in [-0.3, -0.25) is 24.2 Å². The van der Waals surface area contributed by atoms with Crippen LogP contribution in [0.4, 0.5) is 0 Å². The van der Waals surface area contributed by atoms with E-state index in [1.165, 1.54) is 14.2 Å². The van der Waals surface area contributed by atoms with E-state index in [9.17, 15) is 34.5 Å². The number of aliphatic hydroxyl groups excluding tert-OH is 2. The highest BCUT2D eigenvalue weighted by Gasteiger charge is 2.67. The van der Waals surface area contributed by atoms with Gasteiger partial charge in [0.2, 0.25) is 0 Å². The summed E-state index contributed by atoms with van der Waals surface area (Å²) in [6.07, 6.45) is -2.46. The number of aliphatic hydroxyl groups is 2. The summed E-state index contributed by atoms with van der Waals surface area (Å²) < 4.78 is 40.1. The smallest absolute Gasteiger partial charge is 0.338 e. The van der Waals surface area contributed by atoms with Crippen molar-refractivity contribution in [3.05, 3.63) is 0 Å². The first-order valence-electron chi connectivity index (χ1n) is 15.6. The Balaban J connectivity index is 1.37. The predicted octanol–water partition coefficient (Wildman–Crippen LogP) is -4.90. The summed E-state index contributed by atoms with van der Waals surface area (Å²) in [7, 11) is 2.97. The van der Waals surface area contributed by atoms with Crippen LogP contribution in [-0.4, -0.2) is 200 Å². The molecule has 6 heterocycles. The molecule has 6 fully saturated rings. The molecule has 8 N–H and O–H groups in total. The first-order valence-corrected chi connectivity index (χ1v) is 15.6. The maximum atomic E-state index is 12.9. The fraction of sp³-hybridized carbons (Fsp3) is 0.857. The zero-order valence-corrected chi connectivity index (χ0v) is 27.2. The molecule has 4 bridgehead atoms. The summed E-state index contributed by atoms with van der Waals surface area (Å²) in [6.45, 7) is -3.32. The second kappa shape index (κ2) is 17.0. The Morgan fingerprint density at radius 1 is 0.714 bits per heavy atom. The number of carbonyl (C=O) groups is 4. The molecular weight excluding hydrogens is 664 g/mol. The second-order valence-electron chi connectivity index (χ2n) is 12.4. The summed E-state index contributed by atoms with van der Waals surface area (Å²) >= 11 is 0. The Bertz CT molecular complexity index is 1150. The summed E-state index contributed by atoms with van der Waals surface area (Å²) in [4.78, 5) is 54.1. The van der Waals surface area contributed by atoms with E-state index in [0.29, 0.717) is 0 Å². The molecule has 21 heteroatoms.